The summed E-state index contributed by atoms with van der Waals surface area (Å²) in [5.74, 6) is 0.0860. The van der Waals surface area contributed by atoms with Crippen molar-refractivity contribution in [3.05, 3.63) is 30.3 Å². The zero-order chi connectivity index (χ0) is 14.2. The molecule has 1 aromatic rings. The van der Waals surface area contributed by atoms with Gasteiger partial charge in [0.15, 0.2) is 0 Å². The summed E-state index contributed by atoms with van der Waals surface area (Å²) < 4.78 is 5.64. The highest BCUT2D eigenvalue weighted by Crippen LogP contribution is 2.17. The minimum absolute atomic E-state index is 0. The third-order valence-corrected chi connectivity index (χ3v) is 3.74. The lowest BCUT2D eigenvalue weighted by atomic mass is 9.98. The van der Waals surface area contributed by atoms with E-state index in [0.717, 1.165) is 51.1 Å². The molecule has 4 nitrogen and oxygen atoms in total. The highest BCUT2D eigenvalue weighted by atomic mass is 35.5. The number of hydrogen-bond donors (Lipinski definition) is 1. The van der Waals surface area contributed by atoms with Crippen LogP contribution in [0.5, 0.6) is 5.75 Å². The molecule has 1 unspecified atom stereocenters. The second kappa shape index (κ2) is 9.64. The van der Waals surface area contributed by atoms with Crippen LogP contribution in [0.1, 0.15) is 25.7 Å². The molecule has 1 saturated heterocycles. The number of unbranched alkanes of at least 4 members (excludes halogenated alkanes) is 1. The number of benzene rings is 1. The van der Waals surface area contributed by atoms with Crippen LogP contribution in [-0.2, 0) is 4.79 Å². The molecule has 1 N–H and O–H groups in total. The van der Waals surface area contributed by atoms with Crippen LogP contribution >= 0.6 is 12.4 Å². The molecule has 0 amide bonds. The molecule has 1 aliphatic heterocycles. The van der Waals surface area contributed by atoms with Crippen molar-refractivity contribution in [3.8, 4) is 5.75 Å². The Bertz CT molecular complexity index is 413. The fourth-order valence-corrected chi connectivity index (χ4v) is 2.60. The van der Waals surface area contributed by atoms with Gasteiger partial charge in [-0.15, -0.1) is 12.4 Å². The number of halogens is 1. The van der Waals surface area contributed by atoms with E-state index in [1.807, 2.05) is 30.3 Å². The van der Waals surface area contributed by atoms with Crippen molar-refractivity contribution in [2.24, 2.45) is 5.92 Å². The third kappa shape index (κ3) is 6.36. The maximum Gasteiger partial charge on any atom is 0.307 e. The molecule has 0 aliphatic carbocycles. The number of ether oxygens (including phenoxy) is 1. The van der Waals surface area contributed by atoms with Gasteiger partial charge < -0.3 is 14.7 Å². The number of hydrogen-bond acceptors (Lipinski definition) is 3. The number of likely N-dealkylation sites (tertiary alicyclic amines) is 1. The molecule has 1 atom stereocenters. The number of carboxylic acid groups (broad SMARTS) is 1. The molecule has 1 aromatic carbocycles. The molecule has 1 aliphatic rings. The summed E-state index contributed by atoms with van der Waals surface area (Å²) in [7, 11) is 0. The van der Waals surface area contributed by atoms with E-state index in [4.69, 9.17) is 9.84 Å². The molecule has 1 fully saturated rings. The van der Waals surface area contributed by atoms with Gasteiger partial charge in [0.05, 0.1) is 12.5 Å². The van der Waals surface area contributed by atoms with Crippen LogP contribution < -0.4 is 4.74 Å². The number of para-hydroxylation sites is 1. The van der Waals surface area contributed by atoms with Crippen LogP contribution in [-0.4, -0.2) is 42.2 Å². The maximum absolute atomic E-state index is 11.0. The molecular formula is C16H24ClNO3. The van der Waals surface area contributed by atoms with Crippen LogP contribution in [0.4, 0.5) is 0 Å². The summed E-state index contributed by atoms with van der Waals surface area (Å²) in [6.45, 7) is 3.43. The van der Waals surface area contributed by atoms with E-state index in [9.17, 15) is 4.79 Å². The Morgan fingerprint density at radius 3 is 2.76 bits per heavy atom. The normalized spacial score (nSPS) is 18.8. The van der Waals surface area contributed by atoms with Crippen molar-refractivity contribution >= 4 is 18.4 Å². The Hall–Kier alpha value is -1.26. The minimum atomic E-state index is -0.651. The van der Waals surface area contributed by atoms with Crippen molar-refractivity contribution in [1.82, 2.24) is 4.90 Å². The van der Waals surface area contributed by atoms with Gasteiger partial charge in [0, 0.05) is 6.54 Å². The van der Waals surface area contributed by atoms with Gasteiger partial charge in [0.1, 0.15) is 5.75 Å². The third-order valence-electron chi connectivity index (χ3n) is 3.74. The molecule has 0 radical (unpaired) electrons. The zero-order valence-corrected chi connectivity index (χ0v) is 13.1. The van der Waals surface area contributed by atoms with Gasteiger partial charge in [-0.3, -0.25) is 4.79 Å². The van der Waals surface area contributed by atoms with Crippen molar-refractivity contribution < 1.29 is 14.6 Å². The quantitative estimate of drug-likeness (QED) is 0.786. The van der Waals surface area contributed by atoms with Gasteiger partial charge in [-0.05, 0) is 50.9 Å². The van der Waals surface area contributed by atoms with Crippen LogP contribution in [0.15, 0.2) is 30.3 Å². The molecule has 0 saturated carbocycles. The molecule has 118 valence electrons. The Balaban J connectivity index is 0.00000220. The summed E-state index contributed by atoms with van der Waals surface area (Å²) in [5.41, 5.74) is 0. The van der Waals surface area contributed by atoms with Crippen molar-refractivity contribution in [2.75, 3.05) is 26.2 Å². The lowest BCUT2D eigenvalue weighted by Crippen LogP contribution is -2.39. The second-order valence-electron chi connectivity index (χ2n) is 5.35. The fourth-order valence-electron chi connectivity index (χ4n) is 2.60. The smallest absolute Gasteiger partial charge is 0.307 e. The average Bonchev–Trinajstić information content (AvgIpc) is 2.48. The maximum atomic E-state index is 11.0. The largest absolute Gasteiger partial charge is 0.494 e. The van der Waals surface area contributed by atoms with Gasteiger partial charge in [-0.25, -0.2) is 0 Å². The first-order chi connectivity index (χ1) is 9.75. The lowest BCUT2D eigenvalue weighted by molar-refractivity contribution is -0.143. The Morgan fingerprint density at radius 1 is 1.29 bits per heavy atom. The first kappa shape index (κ1) is 17.8. The summed E-state index contributed by atoms with van der Waals surface area (Å²) in [4.78, 5) is 13.3. The molecular weight excluding hydrogens is 290 g/mol. The Morgan fingerprint density at radius 2 is 2.05 bits per heavy atom. The Kier molecular flexibility index (Phi) is 8.16. The molecule has 21 heavy (non-hydrogen) atoms. The molecule has 2 rings (SSSR count). The lowest BCUT2D eigenvalue weighted by Gasteiger charge is -2.30. The van der Waals surface area contributed by atoms with Gasteiger partial charge in [-0.2, -0.15) is 0 Å². The number of nitrogens with zero attached hydrogens (tertiary/aromatic N) is 1. The SMILES string of the molecule is Cl.O=C(O)C1CCCN(CCCCOc2ccccc2)C1. The first-order valence-corrected chi connectivity index (χ1v) is 7.39. The molecule has 1 heterocycles. The van der Waals surface area contributed by atoms with Gasteiger partial charge in [0.2, 0.25) is 0 Å². The number of carbonyl (C=O) groups is 1. The summed E-state index contributed by atoms with van der Waals surface area (Å²) in [6.07, 6.45) is 3.88. The minimum Gasteiger partial charge on any atom is -0.494 e. The van der Waals surface area contributed by atoms with Gasteiger partial charge >= 0.3 is 5.97 Å². The molecule has 5 heteroatoms. The first-order valence-electron chi connectivity index (χ1n) is 7.39. The van der Waals surface area contributed by atoms with E-state index in [-0.39, 0.29) is 18.3 Å². The number of piperidine rings is 1. The van der Waals surface area contributed by atoms with Crippen molar-refractivity contribution in [2.45, 2.75) is 25.7 Å². The van der Waals surface area contributed by atoms with E-state index in [1.165, 1.54) is 0 Å². The monoisotopic (exact) mass is 313 g/mol. The number of aliphatic carboxylic acids is 1. The van der Waals surface area contributed by atoms with E-state index in [1.54, 1.807) is 0 Å². The number of carboxylic acids is 1. The van der Waals surface area contributed by atoms with Crippen molar-refractivity contribution in [3.63, 3.8) is 0 Å². The fraction of sp³-hybridized carbons (Fsp3) is 0.562. The van der Waals surface area contributed by atoms with Crippen LogP contribution in [0.2, 0.25) is 0 Å². The summed E-state index contributed by atoms with van der Waals surface area (Å²) in [6, 6.07) is 9.83. The standard InChI is InChI=1S/C16H23NO3.ClH/c18-16(19)14-7-6-11-17(13-14)10-4-5-12-20-15-8-2-1-3-9-15;/h1-3,8-9,14H,4-7,10-13H2,(H,18,19);1H. The zero-order valence-electron chi connectivity index (χ0n) is 12.2. The van der Waals surface area contributed by atoms with E-state index in [0.29, 0.717) is 6.54 Å². The second-order valence-corrected chi connectivity index (χ2v) is 5.35. The predicted octanol–water partition coefficient (Wildman–Crippen LogP) is 3.06. The summed E-state index contributed by atoms with van der Waals surface area (Å²) in [5, 5.41) is 9.05. The van der Waals surface area contributed by atoms with E-state index in [2.05, 4.69) is 4.90 Å². The molecule has 0 bridgehead atoms. The van der Waals surface area contributed by atoms with E-state index >= 15 is 0 Å². The number of rotatable bonds is 7. The highest BCUT2D eigenvalue weighted by Gasteiger charge is 2.24. The van der Waals surface area contributed by atoms with Crippen molar-refractivity contribution in [1.29, 1.82) is 0 Å². The molecule has 0 spiro atoms. The molecule has 0 aromatic heterocycles. The predicted molar refractivity (Wildman–Crippen MR) is 85.2 cm³/mol. The van der Waals surface area contributed by atoms with Gasteiger partial charge in [0.25, 0.3) is 0 Å². The summed E-state index contributed by atoms with van der Waals surface area (Å²) >= 11 is 0. The Labute approximate surface area is 132 Å². The topological polar surface area (TPSA) is 49.8 Å². The van der Waals surface area contributed by atoms with Crippen LogP contribution in [0, 0.1) is 5.92 Å². The van der Waals surface area contributed by atoms with Crippen LogP contribution in [0.25, 0.3) is 0 Å². The van der Waals surface area contributed by atoms with Crippen LogP contribution in [0.3, 0.4) is 0 Å². The van der Waals surface area contributed by atoms with Gasteiger partial charge in [-0.1, -0.05) is 18.2 Å². The van der Waals surface area contributed by atoms with E-state index < -0.39 is 5.97 Å². The average molecular weight is 314 g/mol. The highest BCUT2D eigenvalue weighted by molar-refractivity contribution is 5.85.